The van der Waals surface area contributed by atoms with Gasteiger partial charge in [0.05, 0.1) is 6.57 Å². The quantitative estimate of drug-likeness (QED) is 0.649. The summed E-state index contributed by atoms with van der Waals surface area (Å²) in [6, 6.07) is 11.7. The van der Waals surface area contributed by atoms with Gasteiger partial charge in [0, 0.05) is 17.0 Å². The molecule has 1 heterocycles. The molecule has 0 saturated carbocycles. The SMILES string of the molecule is [C-]#[N+]c1ccc(-c2ccc(C)nc2C)cc1. The van der Waals surface area contributed by atoms with Crippen LogP contribution >= 0.6 is 0 Å². The summed E-state index contributed by atoms with van der Waals surface area (Å²) in [4.78, 5) is 7.81. The first-order chi connectivity index (χ1) is 7.70. The maximum Gasteiger partial charge on any atom is 0.187 e. The van der Waals surface area contributed by atoms with E-state index in [1.54, 1.807) is 0 Å². The van der Waals surface area contributed by atoms with Gasteiger partial charge in [-0.25, -0.2) is 4.85 Å². The standard InChI is InChI=1S/C14H12N2/c1-10-4-9-14(11(2)16-10)12-5-7-13(15-3)8-6-12/h4-9H,1-2H3. The first-order valence-electron chi connectivity index (χ1n) is 5.13. The van der Waals surface area contributed by atoms with Crippen LogP contribution in [0.4, 0.5) is 5.69 Å². The molecule has 0 atom stereocenters. The minimum absolute atomic E-state index is 0.668. The van der Waals surface area contributed by atoms with Gasteiger partial charge in [0.15, 0.2) is 5.69 Å². The third-order valence-electron chi connectivity index (χ3n) is 2.53. The Labute approximate surface area is 95.4 Å². The Kier molecular flexibility index (Phi) is 2.70. The highest BCUT2D eigenvalue weighted by Crippen LogP contribution is 2.24. The van der Waals surface area contributed by atoms with Crippen LogP contribution in [0.2, 0.25) is 0 Å². The van der Waals surface area contributed by atoms with Crippen LogP contribution in [0, 0.1) is 20.4 Å². The van der Waals surface area contributed by atoms with Crippen molar-refractivity contribution in [3.8, 4) is 11.1 Å². The normalized spacial score (nSPS) is 9.81. The molecule has 78 valence electrons. The first-order valence-corrected chi connectivity index (χ1v) is 5.13. The first kappa shape index (κ1) is 10.4. The van der Waals surface area contributed by atoms with Crippen LogP contribution in [0.5, 0.6) is 0 Å². The number of aromatic nitrogens is 1. The molecule has 0 spiro atoms. The monoisotopic (exact) mass is 208 g/mol. The van der Waals surface area contributed by atoms with E-state index >= 15 is 0 Å². The summed E-state index contributed by atoms with van der Waals surface area (Å²) in [5.74, 6) is 0. The molecule has 1 aromatic heterocycles. The van der Waals surface area contributed by atoms with Crippen LogP contribution in [0.3, 0.4) is 0 Å². The van der Waals surface area contributed by atoms with Gasteiger partial charge in [0.25, 0.3) is 0 Å². The second-order valence-electron chi connectivity index (χ2n) is 3.74. The Hall–Kier alpha value is -2.14. The Morgan fingerprint density at radius 3 is 2.25 bits per heavy atom. The lowest BCUT2D eigenvalue weighted by molar-refractivity contribution is 1.13. The predicted octanol–water partition coefficient (Wildman–Crippen LogP) is 3.92. The number of pyridine rings is 1. The van der Waals surface area contributed by atoms with E-state index < -0.39 is 0 Å². The molecule has 0 aliphatic heterocycles. The summed E-state index contributed by atoms with van der Waals surface area (Å²) < 4.78 is 0. The summed E-state index contributed by atoms with van der Waals surface area (Å²) in [5.41, 5.74) is 4.95. The van der Waals surface area contributed by atoms with Crippen molar-refractivity contribution in [1.29, 1.82) is 0 Å². The van der Waals surface area contributed by atoms with Crippen molar-refractivity contribution in [2.45, 2.75) is 13.8 Å². The number of rotatable bonds is 1. The van der Waals surface area contributed by atoms with Gasteiger partial charge in [0.2, 0.25) is 0 Å². The van der Waals surface area contributed by atoms with Crippen LogP contribution < -0.4 is 0 Å². The third kappa shape index (κ3) is 1.94. The summed E-state index contributed by atoms with van der Waals surface area (Å²) >= 11 is 0. The molecule has 2 heteroatoms. The van der Waals surface area contributed by atoms with Crippen molar-refractivity contribution < 1.29 is 0 Å². The van der Waals surface area contributed by atoms with Gasteiger partial charge >= 0.3 is 0 Å². The van der Waals surface area contributed by atoms with Crippen molar-refractivity contribution >= 4 is 5.69 Å². The number of nitrogens with zero attached hydrogens (tertiary/aromatic N) is 2. The second kappa shape index (κ2) is 4.16. The predicted molar refractivity (Wildman–Crippen MR) is 65.4 cm³/mol. The lowest BCUT2D eigenvalue weighted by Crippen LogP contribution is -1.89. The number of hydrogen-bond acceptors (Lipinski definition) is 1. The summed E-state index contributed by atoms with van der Waals surface area (Å²) in [6.45, 7) is 10.9. The Morgan fingerprint density at radius 2 is 1.69 bits per heavy atom. The van der Waals surface area contributed by atoms with E-state index in [0.717, 1.165) is 22.5 Å². The smallest absolute Gasteiger partial charge is 0.187 e. The maximum atomic E-state index is 6.90. The van der Waals surface area contributed by atoms with Crippen molar-refractivity contribution in [2.24, 2.45) is 0 Å². The van der Waals surface area contributed by atoms with Gasteiger partial charge in [-0.1, -0.05) is 30.3 Å². The molecule has 16 heavy (non-hydrogen) atoms. The number of hydrogen-bond donors (Lipinski definition) is 0. The van der Waals surface area contributed by atoms with Crippen molar-refractivity contribution in [1.82, 2.24) is 4.98 Å². The molecule has 0 aliphatic rings. The van der Waals surface area contributed by atoms with Crippen LogP contribution in [0.25, 0.3) is 16.0 Å². The Bertz CT molecular complexity index is 548. The topological polar surface area (TPSA) is 17.2 Å². The maximum absolute atomic E-state index is 6.90. The highest BCUT2D eigenvalue weighted by atomic mass is 14.7. The fourth-order valence-electron chi connectivity index (χ4n) is 1.71. The van der Waals surface area contributed by atoms with Gasteiger partial charge < -0.3 is 0 Å². The fraction of sp³-hybridized carbons (Fsp3) is 0.143. The van der Waals surface area contributed by atoms with Crippen LogP contribution in [-0.4, -0.2) is 4.98 Å². The van der Waals surface area contributed by atoms with Crippen molar-refractivity contribution in [3.05, 3.63) is 59.2 Å². The highest BCUT2D eigenvalue weighted by Gasteiger charge is 2.02. The molecule has 0 fully saturated rings. The average molecular weight is 208 g/mol. The zero-order chi connectivity index (χ0) is 11.5. The van der Waals surface area contributed by atoms with E-state index in [1.807, 2.05) is 44.2 Å². The largest absolute Gasteiger partial charge is 0.258 e. The van der Waals surface area contributed by atoms with Gasteiger partial charge in [-0.15, -0.1) is 0 Å². The van der Waals surface area contributed by atoms with E-state index in [9.17, 15) is 0 Å². The van der Waals surface area contributed by atoms with Gasteiger partial charge in [-0.05, 0) is 25.5 Å². The molecule has 2 aromatic rings. The van der Waals surface area contributed by atoms with Crippen molar-refractivity contribution in [2.75, 3.05) is 0 Å². The molecule has 0 saturated heterocycles. The highest BCUT2D eigenvalue weighted by molar-refractivity contribution is 5.68. The summed E-state index contributed by atoms with van der Waals surface area (Å²) in [5, 5.41) is 0. The molecule has 0 bridgehead atoms. The molecule has 0 aliphatic carbocycles. The molecule has 2 nitrogen and oxygen atoms in total. The van der Waals surface area contributed by atoms with Crippen LogP contribution in [0.15, 0.2) is 36.4 Å². The molecular weight excluding hydrogens is 196 g/mol. The van der Waals surface area contributed by atoms with E-state index in [1.165, 1.54) is 0 Å². The fourth-order valence-corrected chi connectivity index (χ4v) is 1.71. The van der Waals surface area contributed by atoms with Gasteiger partial charge in [-0.2, -0.15) is 0 Å². The van der Waals surface area contributed by atoms with Crippen LogP contribution in [-0.2, 0) is 0 Å². The van der Waals surface area contributed by atoms with E-state index in [-0.39, 0.29) is 0 Å². The third-order valence-corrected chi connectivity index (χ3v) is 2.53. The molecule has 0 radical (unpaired) electrons. The second-order valence-corrected chi connectivity index (χ2v) is 3.74. The molecule has 0 unspecified atom stereocenters. The molecule has 0 N–H and O–H groups in total. The van der Waals surface area contributed by atoms with Gasteiger partial charge in [-0.3, -0.25) is 4.98 Å². The molecule has 0 amide bonds. The lowest BCUT2D eigenvalue weighted by Gasteiger charge is -2.06. The van der Waals surface area contributed by atoms with E-state index in [0.29, 0.717) is 5.69 Å². The van der Waals surface area contributed by atoms with Crippen molar-refractivity contribution in [3.63, 3.8) is 0 Å². The molecule has 2 rings (SSSR count). The number of benzene rings is 1. The Morgan fingerprint density at radius 1 is 1.00 bits per heavy atom. The van der Waals surface area contributed by atoms with E-state index in [4.69, 9.17) is 6.57 Å². The summed E-state index contributed by atoms with van der Waals surface area (Å²) in [7, 11) is 0. The molecule has 1 aromatic carbocycles. The minimum atomic E-state index is 0.668. The lowest BCUT2D eigenvalue weighted by atomic mass is 10.0. The minimum Gasteiger partial charge on any atom is -0.258 e. The number of aryl methyl sites for hydroxylation is 2. The van der Waals surface area contributed by atoms with E-state index in [2.05, 4.69) is 15.9 Å². The summed E-state index contributed by atoms with van der Waals surface area (Å²) in [6.07, 6.45) is 0. The molecular formula is C14H12N2. The zero-order valence-corrected chi connectivity index (χ0v) is 9.36. The van der Waals surface area contributed by atoms with Gasteiger partial charge in [0.1, 0.15) is 0 Å². The Balaban J connectivity index is 2.47. The van der Waals surface area contributed by atoms with Crippen LogP contribution in [0.1, 0.15) is 11.4 Å². The zero-order valence-electron chi connectivity index (χ0n) is 9.36. The average Bonchev–Trinajstić information content (AvgIpc) is 2.29.